The van der Waals surface area contributed by atoms with Gasteiger partial charge >= 0.3 is 0 Å². The van der Waals surface area contributed by atoms with Gasteiger partial charge in [-0.15, -0.1) is 11.6 Å². The molecule has 0 amide bonds. The number of hydrogen-bond donors (Lipinski definition) is 1. The highest BCUT2D eigenvalue weighted by molar-refractivity contribution is 7.99. The van der Waals surface area contributed by atoms with Gasteiger partial charge in [-0.2, -0.15) is 0 Å². The predicted molar refractivity (Wildman–Crippen MR) is 68.8 cm³/mol. The molecule has 0 aliphatic carbocycles. The number of nitro groups is 1. The van der Waals surface area contributed by atoms with Crippen molar-refractivity contribution < 1.29 is 4.92 Å². The molecule has 0 saturated carbocycles. The van der Waals surface area contributed by atoms with E-state index in [-0.39, 0.29) is 5.69 Å². The molecule has 0 fully saturated rings. The zero-order chi connectivity index (χ0) is 12.3. The number of fused-ring (bicyclic) bond motifs is 1. The number of benzene rings is 1. The van der Waals surface area contributed by atoms with Crippen molar-refractivity contribution >= 4 is 40.1 Å². The number of halogens is 1. The van der Waals surface area contributed by atoms with Gasteiger partial charge in [0.25, 0.3) is 5.69 Å². The summed E-state index contributed by atoms with van der Waals surface area (Å²) in [6, 6.07) is 4.88. The number of thioether (sulfide) groups is 1. The first-order valence-electron chi connectivity index (χ1n) is 5.04. The fourth-order valence-corrected chi connectivity index (χ4v) is 2.55. The number of non-ortho nitro benzene ring substituents is 1. The van der Waals surface area contributed by atoms with Crippen LogP contribution in [0.15, 0.2) is 23.4 Å². The SMILES string of the molecule is O=[N+]([O-])c1cccc2[nH]c(SCCCCl)nc12. The number of rotatable bonds is 5. The van der Waals surface area contributed by atoms with Crippen LogP contribution in [0.1, 0.15) is 6.42 Å². The van der Waals surface area contributed by atoms with Crippen molar-refractivity contribution in [3.8, 4) is 0 Å². The monoisotopic (exact) mass is 271 g/mol. The fraction of sp³-hybridized carbons (Fsp3) is 0.300. The summed E-state index contributed by atoms with van der Waals surface area (Å²) in [6.07, 6.45) is 0.880. The zero-order valence-electron chi connectivity index (χ0n) is 8.85. The molecule has 0 radical (unpaired) electrons. The summed E-state index contributed by atoms with van der Waals surface area (Å²) in [6.45, 7) is 0. The van der Waals surface area contributed by atoms with Crippen LogP contribution in [0.2, 0.25) is 0 Å². The van der Waals surface area contributed by atoms with Crippen LogP contribution in [0.4, 0.5) is 5.69 Å². The highest BCUT2D eigenvalue weighted by Gasteiger charge is 2.15. The van der Waals surface area contributed by atoms with Gasteiger partial charge in [0.05, 0.1) is 10.4 Å². The van der Waals surface area contributed by atoms with Crippen LogP contribution in [0.25, 0.3) is 11.0 Å². The summed E-state index contributed by atoms with van der Waals surface area (Å²) in [7, 11) is 0. The molecular weight excluding hydrogens is 262 g/mol. The first-order valence-corrected chi connectivity index (χ1v) is 6.56. The largest absolute Gasteiger partial charge is 0.333 e. The molecule has 0 atom stereocenters. The molecule has 17 heavy (non-hydrogen) atoms. The lowest BCUT2D eigenvalue weighted by atomic mass is 10.3. The number of aromatic nitrogens is 2. The molecule has 0 spiro atoms. The van der Waals surface area contributed by atoms with Crippen LogP contribution < -0.4 is 0 Å². The average molecular weight is 272 g/mol. The van der Waals surface area contributed by atoms with Crippen LogP contribution in [0, 0.1) is 10.1 Å². The second kappa shape index (κ2) is 5.37. The van der Waals surface area contributed by atoms with E-state index in [0.29, 0.717) is 22.1 Å². The standard InChI is InChI=1S/C10H10ClN3O2S/c11-5-2-6-17-10-12-7-3-1-4-8(14(15)16)9(7)13-10/h1,3-4H,2,5-6H2,(H,12,13). The Kier molecular flexibility index (Phi) is 3.86. The molecule has 1 aromatic carbocycles. The molecule has 0 unspecified atom stereocenters. The molecular formula is C10H10ClN3O2S. The number of hydrogen-bond acceptors (Lipinski definition) is 4. The van der Waals surface area contributed by atoms with Crippen LogP contribution in [0.5, 0.6) is 0 Å². The molecule has 1 N–H and O–H groups in total. The summed E-state index contributed by atoms with van der Waals surface area (Å²) in [4.78, 5) is 17.7. The minimum atomic E-state index is -0.420. The minimum absolute atomic E-state index is 0.0305. The van der Waals surface area contributed by atoms with Gasteiger partial charge in [0.2, 0.25) is 0 Å². The molecule has 2 rings (SSSR count). The number of imidazole rings is 1. The average Bonchev–Trinajstić information content (AvgIpc) is 2.71. The summed E-state index contributed by atoms with van der Waals surface area (Å²) < 4.78 is 0. The minimum Gasteiger partial charge on any atom is -0.333 e. The van der Waals surface area contributed by atoms with Gasteiger partial charge in [0.15, 0.2) is 10.7 Å². The van der Waals surface area contributed by atoms with Gasteiger partial charge in [0.1, 0.15) is 0 Å². The van der Waals surface area contributed by atoms with Gasteiger partial charge in [0, 0.05) is 17.7 Å². The van der Waals surface area contributed by atoms with Crippen molar-refractivity contribution in [2.24, 2.45) is 0 Å². The van der Waals surface area contributed by atoms with Crippen LogP contribution in [-0.2, 0) is 0 Å². The number of para-hydroxylation sites is 1. The molecule has 0 aliphatic heterocycles. The lowest BCUT2D eigenvalue weighted by molar-refractivity contribution is -0.383. The van der Waals surface area contributed by atoms with Crippen molar-refractivity contribution in [1.29, 1.82) is 0 Å². The van der Waals surface area contributed by atoms with Gasteiger partial charge < -0.3 is 4.98 Å². The second-order valence-corrected chi connectivity index (χ2v) is 4.82. The Morgan fingerprint density at radius 1 is 1.53 bits per heavy atom. The van der Waals surface area contributed by atoms with E-state index in [1.807, 2.05) is 0 Å². The molecule has 1 heterocycles. The van der Waals surface area contributed by atoms with Crippen molar-refractivity contribution in [2.45, 2.75) is 11.6 Å². The number of aromatic amines is 1. The molecule has 7 heteroatoms. The molecule has 0 saturated heterocycles. The second-order valence-electron chi connectivity index (χ2n) is 3.36. The number of nitrogens with zero attached hydrogens (tertiary/aromatic N) is 2. The first-order chi connectivity index (χ1) is 8.22. The number of alkyl halides is 1. The third kappa shape index (κ3) is 2.70. The third-order valence-corrected chi connectivity index (χ3v) is 3.41. The van der Waals surface area contributed by atoms with E-state index < -0.39 is 4.92 Å². The lowest BCUT2D eigenvalue weighted by Gasteiger charge is -1.92. The Hall–Kier alpha value is -1.27. The van der Waals surface area contributed by atoms with E-state index in [2.05, 4.69) is 9.97 Å². The van der Waals surface area contributed by atoms with Crippen molar-refractivity contribution in [3.05, 3.63) is 28.3 Å². The quantitative estimate of drug-likeness (QED) is 0.298. The summed E-state index contributed by atoms with van der Waals surface area (Å²) in [5.74, 6) is 1.45. The number of nitrogens with one attached hydrogen (secondary N) is 1. The first kappa shape index (κ1) is 12.2. The predicted octanol–water partition coefficient (Wildman–Crippen LogP) is 3.19. The highest BCUT2D eigenvalue weighted by Crippen LogP contribution is 2.26. The fourth-order valence-electron chi connectivity index (χ4n) is 1.43. The van der Waals surface area contributed by atoms with Gasteiger partial charge in [-0.3, -0.25) is 10.1 Å². The molecule has 5 nitrogen and oxygen atoms in total. The summed E-state index contributed by atoms with van der Waals surface area (Å²) >= 11 is 7.10. The Morgan fingerprint density at radius 2 is 2.35 bits per heavy atom. The van der Waals surface area contributed by atoms with E-state index in [9.17, 15) is 10.1 Å². The Balaban J connectivity index is 2.30. The van der Waals surface area contributed by atoms with Gasteiger partial charge in [-0.05, 0) is 12.5 Å². The summed E-state index contributed by atoms with van der Waals surface area (Å²) in [5, 5.41) is 11.5. The number of H-pyrrole nitrogens is 1. The van der Waals surface area contributed by atoms with E-state index in [1.54, 1.807) is 12.1 Å². The van der Waals surface area contributed by atoms with E-state index in [0.717, 1.165) is 12.2 Å². The maximum Gasteiger partial charge on any atom is 0.297 e. The maximum absolute atomic E-state index is 10.8. The third-order valence-electron chi connectivity index (χ3n) is 2.18. The van der Waals surface area contributed by atoms with Crippen LogP contribution in [-0.4, -0.2) is 26.5 Å². The lowest BCUT2D eigenvalue weighted by Crippen LogP contribution is -1.88. The molecule has 0 aliphatic rings. The highest BCUT2D eigenvalue weighted by atomic mass is 35.5. The normalized spacial score (nSPS) is 10.9. The van der Waals surface area contributed by atoms with Crippen LogP contribution >= 0.6 is 23.4 Å². The molecule has 2 aromatic rings. The van der Waals surface area contributed by atoms with Crippen LogP contribution in [0.3, 0.4) is 0 Å². The van der Waals surface area contributed by atoms with Gasteiger partial charge in [-0.1, -0.05) is 17.8 Å². The van der Waals surface area contributed by atoms with Crippen molar-refractivity contribution in [2.75, 3.05) is 11.6 Å². The maximum atomic E-state index is 10.8. The number of nitro benzene ring substituents is 1. The zero-order valence-corrected chi connectivity index (χ0v) is 10.4. The van der Waals surface area contributed by atoms with Gasteiger partial charge in [-0.25, -0.2) is 4.98 Å². The van der Waals surface area contributed by atoms with E-state index in [1.165, 1.54) is 17.8 Å². The molecule has 90 valence electrons. The summed E-state index contributed by atoms with van der Waals surface area (Å²) in [5.41, 5.74) is 1.13. The molecule has 0 bridgehead atoms. The van der Waals surface area contributed by atoms with Crippen molar-refractivity contribution in [1.82, 2.24) is 9.97 Å². The Labute approximate surface area is 107 Å². The smallest absolute Gasteiger partial charge is 0.297 e. The Bertz CT molecular complexity index is 543. The van der Waals surface area contributed by atoms with Crippen molar-refractivity contribution in [3.63, 3.8) is 0 Å². The van der Waals surface area contributed by atoms with E-state index >= 15 is 0 Å². The van der Waals surface area contributed by atoms with E-state index in [4.69, 9.17) is 11.6 Å². The topological polar surface area (TPSA) is 71.8 Å². The Morgan fingerprint density at radius 3 is 3.06 bits per heavy atom. The molecule has 1 aromatic heterocycles.